The number of carboxylic acids is 1. The molecular formula is C6H6O7. The second-order valence-corrected chi connectivity index (χ2v) is 2.03. The van der Waals surface area contributed by atoms with E-state index in [0.29, 0.717) is 0 Å². The molecule has 72 valence electrons. The maximum Gasteiger partial charge on any atom is 0.380 e. The first-order chi connectivity index (χ1) is 5.91. The second kappa shape index (κ2) is 4.43. The van der Waals surface area contributed by atoms with Crippen LogP contribution in [0.5, 0.6) is 0 Å². The molecule has 0 radical (unpaired) electrons. The number of hydrogen-bond acceptors (Lipinski definition) is 6. The molecule has 0 aliphatic heterocycles. The highest BCUT2D eigenvalue weighted by atomic mass is 16.4. The van der Waals surface area contributed by atoms with E-state index < -0.39 is 36.0 Å². The molecule has 0 aromatic carbocycles. The van der Waals surface area contributed by atoms with Crippen LogP contribution in [0.1, 0.15) is 0 Å². The highest BCUT2D eigenvalue weighted by Gasteiger charge is 2.32. The van der Waals surface area contributed by atoms with E-state index in [9.17, 15) is 19.2 Å². The lowest BCUT2D eigenvalue weighted by Crippen LogP contribution is -2.39. The smallest absolute Gasteiger partial charge is 0.380 e. The van der Waals surface area contributed by atoms with Crippen LogP contribution in [0.2, 0.25) is 0 Å². The molecule has 13 heavy (non-hydrogen) atoms. The van der Waals surface area contributed by atoms with E-state index in [1.165, 1.54) is 0 Å². The molecule has 0 aromatic rings. The van der Waals surface area contributed by atoms with Crippen LogP contribution in [-0.2, 0) is 19.2 Å². The van der Waals surface area contributed by atoms with Gasteiger partial charge in [0.2, 0.25) is 5.78 Å². The number of aliphatic hydroxyl groups is 2. The lowest BCUT2D eigenvalue weighted by atomic mass is 10.1. The maximum absolute atomic E-state index is 10.6. The quantitative estimate of drug-likeness (QED) is 0.314. The van der Waals surface area contributed by atoms with Crippen molar-refractivity contribution < 1.29 is 34.5 Å². The zero-order valence-electron chi connectivity index (χ0n) is 6.26. The largest absolute Gasteiger partial charge is 0.475 e. The average Bonchev–Trinajstić information content (AvgIpc) is 2.12. The molecule has 0 heterocycles. The van der Waals surface area contributed by atoms with Crippen LogP contribution in [0, 0.1) is 0 Å². The van der Waals surface area contributed by atoms with Crippen molar-refractivity contribution in [3.05, 3.63) is 0 Å². The number of hydrogen-bond donors (Lipinski definition) is 3. The first kappa shape index (κ1) is 11.4. The SMILES string of the molecule is O=C(O)C(=O)C(=O)[C@H](O)C(=O)CO. The summed E-state index contributed by atoms with van der Waals surface area (Å²) < 4.78 is 0. The van der Waals surface area contributed by atoms with Crippen LogP contribution >= 0.6 is 0 Å². The highest BCUT2D eigenvalue weighted by molar-refractivity contribution is 6.64. The zero-order chi connectivity index (χ0) is 10.6. The minimum Gasteiger partial charge on any atom is -0.475 e. The van der Waals surface area contributed by atoms with Crippen molar-refractivity contribution >= 4 is 23.3 Å². The second-order valence-electron chi connectivity index (χ2n) is 2.03. The van der Waals surface area contributed by atoms with Crippen molar-refractivity contribution in [2.75, 3.05) is 6.61 Å². The Labute approximate surface area is 71.6 Å². The Balaban J connectivity index is 4.52. The summed E-state index contributed by atoms with van der Waals surface area (Å²) in [7, 11) is 0. The fourth-order valence-corrected chi connectivity index (χ4v) is 0.462. The van der Waals surface area contributed by atoms with E-state index in [1.807, 2.05) is 0 Å². The van der Waals surface area contributed by atoms with Gasteiger partial charge in [-0.3, -0.25) is 14.4 Å². The van der Waals surface area contributed by atoms with Gasteiger partial charge in [0.05, 0.1) is 0 Å². The molecule has 0 aliphatic carbocycles. The summed E-state index contributed by atoms with van der Waals surface area (Å²) in [4.78, 5) is 41.2. The summed E-state index contributed by atoms with van der Waals surface area (Å²) in [6, 6.07) is 0. The third-order valence-corrected chi connectivity index (χ3v) is 1.13. The molecule has 1 atom stereocenters. The Morgan fingerprint density at radius 2 is 1.62 bits per heavy atom. The molecule has 0 fully saturated rings. The van der Waals surface area contributed by atoms with E-state index in [-0.39, 0.29) is 0 Å². The summed E-state index contributed by atoms with van der Waals surface area (Å²) in [5.74, 6) is -7.03. The lowest BCUT2D eigenvalue weighted by molar-refractivity contribution is -0.156. The number of rotatable bonds is 5. The predicted octanol–water partition coefficient (Wildman–Crippen LogP) is -2.87. The molecule has 0 aliphatic rings. The van der Waals surface area contributed by atoms with Crippen molar-refractivity contribution in [2.24, 2.45) is 0 Å². The number of Topliss-reactive ketones (excluding diaryl/α,β-unsaturated/α-hetero) is 3. The average molecular weight is 190 g/mol. The molecule has 0 rings (SSSR count). The van der Waals surface area contributed by atoms with Crippen LogP contribution in [-0.4, -0.2) is 51.3 Å². The Kier molecular flexibility index (Phi) is 3.89. The molecule has 0 amide bonds. The third kappa shape index (κ3) is 2.73. The first-order valence-electron chi connectivity index (χ1n) is 3.05. The van der Waals surface area contributed by atoms with E-state index >= 15 is 0 Å². The standard InChI is InChI=1S/C6H6O7/c7-1-2(8)3(9)4(10)5(11)6(12)13/h3,7,9H,1H2,(H,12,13)/t3-/m1/s1. The number of aliphatic hydroxyl groups excluding tert-OH is 2. The van der Waals surface area contributed by atoms with Gasteiger partial charge in [-0.25, -0.2) is 4.79 Å². The Bertz CT molecular complexity index is 266. The number of ketones is 3. The Morgan fingerprint density at radius 1 is 1.15 bits per heavy atom. The summed E-state index contributed by atoms with van der Waals surface area (Å²) in [5.41, 5.74) is 0. The summed E-state index contributed by atoms with van der Waals surface area (Å²) in [6.07, 6.45) is -2.39. The van der Waals surface area contributed by atoms with Gasteiger partial charge in [-0.2, -0.15) is 0 Å². The molecule has 0 spiro atoms. The van der Waals surface area contributed by atoms with Gasteiger partial charge in [-0.1, -0.05) is 0 Å². The van der Waals surface area contributed by atoms with E-state index in [2.05, 4.69) is 0 Å². The highest BCUT2D eigenvalue weighted by Crippen LogP contribution is 1.90. The van der Waals surface area contributed by atoms with Gasteiger partial charge in [0.25, 0.3) is 0 Å². The minimum atomic E-state index is -2.39. The van der Waals surface area contributed by atoms with Crippen LogP contribution in [0.15, 0.2) is 0 Å². The van der Waals surface area contributed by atoms with Crippen molar-refractivity contribution in [3.8, 4) is 0 Å². The van der Waals surface area contributed by atoms with Gasteiger partial charge in [0, 0.05) is 0 Å². The Morgan fingerprint density at radius 3 is 1.92 bits per heavy atom. The molecule has 0 saturated carbocycles. The van der Waals surface area contributed by atoms with Gasteiger partial charge < -0.3 is 15.3 Å². The van der Waals surface area contributed by atoms with Crippen molar-refractivity contribution in [1.82, 2.24) is 0 Å². The summed E-state index contributed by atoms with van der Waals surface area (Å²) in [6.45, 7) is -1.14. The van der Waals surface area contributed by atoms with Gasteiger partial charge in [0.15, 0.2) is 11.9 Å². The number of carbonyl (C=O) groups is 4. The zero-order valence-corrected chi connectivity index (χ0v) is 6.26. The molecule has 0 saturated heterocycles. The number of carbonyl (C=O) groups excluding carboxylic acids is 3. The normalized spacial score (nSPS) is 11.8. The fourth-order valence-electron chi connectivity index (χ4n) is 0.462. The van der Waals surface area contributed by atoms with Crippen LogP contribution < -0.4 is 0 Å². The maximum atomic E-state index is 10.6. The lowest BCUT2D eigenvalue weighted by Gasteiger charge is -2.02. The van der Waals surface area contributed by atoms with E-state index in [0.717, 1.165) is 0 Å². The number of aliphatic carboxylic acids is 1. The molecule has 3 N–H and O–H groups in total. The fraction of sp³-hybridized carbons (Fsp3) is 0.333. The van der Waals surface area contributed by atoms with Gasteiger partial charge >= 0.3 is 11.8 Å². The van der Waals surface area contributed by atoms with Crippen LogP contribution in [0.3, 0.4) is 0 Å². The van der Waals surface area contributed by atoms with Gasteiger partial charge in [-0.05, 0) is 0 Å². The van der Waals surface area contributed by atoms with Gasteiger partial charge in [-0.15, -0.1) is 0 Å². The van der Waals surface area contributed by atoms with Crippen molar-refractivity contribution in [3.63, 3.8) is 0 Å². The van der Waals surface area contributed by atoms with E-state index in [4.69, 9.17) is 15.3 Å². The summed E-state index contributed by atoms with van der Waals surface area (Å²) in [5, 5.41) is 24.8. The molecule has 0 bridgehead atoms. The van der Waals surface area contributed by atoms with Gasteiger partial charge in [0.1, 0.15) is 6.61 Å². The predicted molar refractivity (Wildman–Crippen MR) is 35.7 cm³/mol. The van der Waals surface area contributed by atoms with E-state index in [1.54, 1.807) is 0 Å². The molecule has 7 nitrogen and oxygen atoms in total. The third-order valence-electron chi connectivity index (χ3n) is 1.13. The minimum absolute atomic E-state index is 1.14. The Hall–Kier alpha value is -1.60. The summed E-state index contributed by atoms with van der Waals surface area (Å²) >= 11 is 0. The van der Waals surface area contributed by atoms with Crippen LogP contribution in [0.4, 0.5) is 0 Å². The van der Waals surface area contributed by atoms with Crippen molar-refractivity contribution in [1.29, 1.82) is 0 Å². The monoisotopic (exact) mass is 190 g/mol. The number of carboxylic acid groups (broad SMARTS) is 1. The molecule has 7 heteroatoms. The molecule has 0 unspecified atom stereocenters. The molecule has 0 aromatic heterocycles. The first-order valence-corrected chi connectivity index (χ1v) is 3.05. The van der Waals surface area contributed by atoms with Crippen molar-refractivity contribution in [2.45, 2.75) is 6.10 Å². The van der Waals surface area contributed by atoms with Crippen LogP contribution in [0.25, 0.3) is 0 Å². The topological polar surface area (TPSA) is 129 Å². The molecular weight excluding hydrogens is 184 g/mol.